The average Bonchev–Trinajstić information content (AvgIpc) is 2.75. The van der Waals surface area contributed by atoms with Crippen LogP contribution in [0.1, 0.15) is 25.3 Å². The zero-order valence-corrected chi connectivity index (χ0v) is 21.6. The van der Waals surface area contributed by atoms with Crippen molar-refractivity contribution in [3.63, 3.8) is 0 Å². The summed E-state index contributed by atoms with van der Waals surface area (Å²) >= 11 is 7.84. The summed E-state index contributed by atoms with van der Waals surface area (Å²) < 4.78 is 5.67. The van der Waals surface area contributed by atoms with Crippen LogP contribution in [-0.2, 0) is 16.1 Å². The topological polar surface area (TPSA) is 57.2 Å². The highest BCUT2D eigenvalue weighted by atomic mass is 127. The molecular formula is C21H32ClIN4O2S. The highest BCUT2D eigenvalue weighted by Crippen LogP contribution is 2.34. The molecule has 0 bridgehead atoms. The lowest BCUT2D eigenvalue weighted by atomic mass is 9.99. The molecule has 0 spiro atoms. The van der Waals surface area contributed by atoms with E-state index in [4.69, 9.17) is 21.3 Å². The summed E-state index contributed by atoms with van der Waals surface area (Å²) in [5, 5.41) is 4.09. The number of benzene rings is 1. The van der Waals surface area contributed by atoms with Crippen LogP contribution >= 0.6 is 47.3 Å². The lowest BCUT2D eigenvalue weighted by molar-refractivity contribution is -0.135. The number of carbonyl (C=O) groups is 1. The summed E-state index contributed by atoms with van der Waals surface area (Å²) in [5.74, 6) is 0.967. The minimum absolute atomic E-state index is 0. The number of thioether (sulfide) groups is 1. The predicted octanol–water partition coefficient (Wildman–Crippen LogP) is 3.48. The smallest absolute Gasteiger partial charge is 0.242 e. The van der Waals surface area contributed by atoms with Gasteiger partial charge in [0.25, 0.3) is 0 Å². The molecule has 0 unspecified atom stereocenters. The molecule has 0 aliphatic carbocycles. The van der Waals surface area contributed by atoms with Gasteiger partial charge in [0.2, 0.25) is 5.91 Å². The van der Waals surface area contributed by atoms with Crippen LogP contribution < -0.4 is 5.32 Å². The van der Waals surface area contributed by atoms with Crippen LogP contribution in [0.15, 0.2) is 29.3 Å². The van der Waals surface area contributed by atoms with Crippen LogP contribution in [0.5, 0.6) is 0 Å². The maximum absolute atomic E-state index is 12.8. The van der Waals surface area contributed by atoms with Gasteiger partial charge in [0, 0.05) is 49.2 Å². The third-order valence-corrected chi connectivity index (χ3v) is 7.25. The van der Waals surface area contributed by atoms with Gasteiger partial charge < -0.3 is 19.9 Å². The molecule has 2 fully saturated rings. The molecule has 1 aromatic rings. The SMILES string of the molecule is CCNC(=NCC1(SC)CCOCC1)N1CCN(Cc2ccc(Cl)cc2)C(=O)C1.I. The van der Waals surface area contributed by atoms with Crippen molar-refractivity contribution in [1.82, 2.24) is 15.1 Å². The van der Waals surface area contributed by atoms with E-state index < -0.39 is 0 Å². The Hall–Kier alpha value is -0.710. The zero-order valence-electron chi connectivity index (χ0n) is 17.7. The van der Waals surface area contributed by atoms with Gasteiger partial charge in [-0.2, -0.15) is 11.8 Å². The number of nitrogens with one attached hydrogen (secondary N) is 1. The maximum Gasteiger partial charge on any atom is 0.242 e. The molecule has 2 heterocycles. The van der Waals surface area contributed by atoms with E-state index in [-0.39, 0.29) is 34.6 Å². The number of nitrogens with zero attached hydrogens (tertiary/aromatic N) is 3. The first-order valence-electron chi connectivity index (χ1n) is 10.2. The Labute approximate surface area is 206 Å². The Bertz CT molecular complexity index is 713. The minimum atomic E-state index is 0. The van der Waals surface area contributed by atoms with Gasteiger partial charge in [0.05, 0.1) is 13.1 Å². The van der Waals surface area contributed by atoms with Crippen LogP contribution in [0, 0.1) is 0 Å². The monoisotopic (exact) mass is 566 g/mol. The predicted molar refractivity (Wildman–Crippen MR) is 136 cm³/mol. The molecule has 2 aliphatic heterocycles. The fourth-order valence-electron chi connectivity index (χ4n) is 3.68. The molecule has 9 heteroatoms. The molecule has 2 saturated heterocycles. The second-order valence-corrected chi connectivity index (χ2v) is 9.24. The van der Waals surface area contributed by atoms with Gasteiger partial charge in [0.1, 0.15) is 0 Å². The fourth-order valence-corrected chi connectivity index (χ4v) is 4.58. The number of piperazine rings is 1. The van der Waals surface area contributed by atoms with Gasteiger partial charge in [-0.1, -0.05) is 23.7 Å². The fraction of sp³-hybridized carbons (Fsp3) is 0.619. The quantitative estimate of drug-likeness (QED) is 0.325. The van der Waals surface area contributed by atoms with Crippen LogP contribution in [-0.4, -0.2) is 78.6 Å². The standard InChI is InChI=1S/C21H31ClN4O2S.HI/c1-3-23-20(24-16-21(29-2)8-12-28-13-9-21)26-11-10-25(19(27)15-26)14-17-4-6-18(22)7-5-17;/h4-7H,3,8-16H2,1-2H3,(H,23,24);1H. The Morgan fingerprint density at radius 2 is 1.97 bits per heavy atom. The summed E-state index contributed by atoms with van der Waals surface area (Å²) in [6, 6.07) is 7.68. The molecule has 3 rings (SSSR count). The number of halogens is 2. The van der Waals surface area contributed by atoms with Crippen molar-refractivity contribution in [3.8, 4) is 0 Å². The first kappa shape index (κ1) is 25.5. The van der Waals surface area contributed by atoms with Crippen molar-refractivity contribution in [1.29, 1.82) is 0 Å². The van der Waals surface area contributed by atoms with E-state index in [2.05, 4.69) is 23.4 Å². The molecule has 30 heavy (non-hydrogen) atoms. The third-order valence-electron chi connectivity index (χ3n) is 5.59. The molecule has 6 nitrogen and oxygen atoms in total. The highest BCUT2D eigenvalue weighted by molar-refractivity contribution is 14.0. The molecule has 2 aliphatic rings. The second-order valence-electron chi connectivity index (χ2n) is 7.53. The molecule has 1 aromatic carbocycles. The summed E-state index contributed by atoms with van der Waals surface area (Å²) in [6.07, 6.45) is 4.20. The largest absolute Gasteiger partial charge is 0.381 e. The lowest BCUT2D eigenvalue weighted by Crippen LogP contribution is -2.55. The number of rotatable bonds is 6. The molecule has 1 N–H and O–H groups in total. The van der Waals surface area contributed by atoms with Crippen molar-refractivity contribution in [2.45, 2.75) is 31.1 Å². The van der Waals surface area contributed by atoms with E-state index in [1.54, 1.807) is 0 Å². The van der Waals surface area contributed by atoms with Crippen LogP contribution in [0.3, 0.4) is 0 Å². The summed E-state index contributed by atoms with van der Waals surface area (Å²) in [4.78, 5) is 21.7. The van der Waals surface area contributed by atoms with E-state index in [1.807, 2.05) is 40.9 Å². The Balaban J connectivity index is 0.00000320. The number of amides is 1. The molecule has 168 valence electrons. The van der Waals surface area contributed by atoms with Crippen molar-refractivity contribution in [2.24, 2.45) is 4.99 Å². The third kappa shape index (κ3) is 6.90. The van der Waals surface area contributed by atoms with Crippen LogP contribution in [0.2, 0.25) is 5.02 Å². The van der Waals surface area contributed by atoms with Crippen molar-refractivity contribution < 1.29 is 9.53 Å². The van der Waals surface area contributed by atoms with Gasteiger partial charge in [-0.05, 0) is 43.7 Å². The van der Waals surface area contributed by atoms with Gasteiger partial charge >= 0.3 is 0 Å². The minimum Gasteiger partial charge on any atom is -0.381 e. The Kier molecular flexibility index (Phi) is 10.5. The first-order valence-corrected chi connectivity index (χ1v) is 11.8. The number of aliphatic imine (C=N–C) groups is 1. The van der Waals surface area contributed by atoms with Gasteiger partial charge in [-0.3, -0.25) is 9.79 Å². The number of carbonyl (C=O) groups excluding carboxylic acids is 1. The van der Waals surface area contributed by atoms with Gasteiger partial charge in [0.15, 0.2) is 5.96 Å². The number of ether oxygens (including phenoxy) is 1. The van der Waals surface area contributed by atoms with Crippen LogP contribution in [0.4, 0.5) is 0 Å². The normalized spacial score (nSPS) is 19.4. The summed E-state index contributed by atoms with van der Waals surface area (Å²) in [7, 11) is 0. The number of hydrogen-bond donors (Lipinski definition) is 1. The molecule has 0 aromatic heterocycles. The molecule has 0 saturated carbocycles. The van der Waals surface area contributed by atoms with E-state index in [0.29, 0.717) is 24.7 Å². The molecular weight excluding hydrogens is 535 g/mol. The molecule has 0 radical (unpaired) electrons. The average molecular weight is 567 g/mol. The van der Waals surface area contributed by atoms with Crippen molar-refractivity contribution in [2.75, 3.05) is 52.2 Å². The van der Waals surface area contributed by atoms with Crippen molar-refractivity contribution >= 4 is 59.2 Å². The lowest BCUT2D eigenvalue weighted by Gasteiger charge is -2.37. The highest BCUT2D eigenvalue weighted by Gasteiger charge is 2.32. The van der Waals surface area contributed by atoms with Gasteiger partial charge in [-0.25, -0.2) is 0 Å². The van der Waals surface area contributed by atoms with Crippen LogP contribution in [0.25, 0.3) is 0 Å². The van der Waals surface area contributed by atoms with Gasteiger partial charge in [-0.15, -0.1) is 24.0 Å². The molecule has 0 atom stereocenters. The Morgan fingerprint density at radius 1 is 1.27 bits per heavy atom. The van der Waals surface area contributed by atoms with E-state index in [9.17, 15) is 4.79 Å². The summed E-state index contributed by atoms with van der Waals surface area (Å²) in [6.45, 7) is 7.64. The number of guanidine groups is 1. The van der Waals surface area contributed by atoms with E-state index >= 15 is 0 Å². The summed E-state index contributed by atoms with van der Waals surface area (Å²) in [5.41, 5.74) is 1.10. The van der Waals surface area contributed by atoms with E-state index in [0.717, 1.165) is 57.2 Å². The first-order chi connectivity index (χ1) is 14.0. The number of hydrogen-bond acceptors (Lipinski definition) is 4. The van der Waals surface area contributed by atoms with E-state index in [1.165, 1.54) is 0 Å². The molecule has 1 amide bonds. The second kappa shape index (κ2) is 12.4. The zero-order chi connectivity index (χ0) is 20.7. The maximum atomic E-state index is 12.8. The van der Waals surface area contributed by atoms with Crippen molar-refractivity contribution in [3.05, 3.63) is 34.9 Å². The Morgan fingerprint density at radius 3 is 2.57 bits per heavy atom.